The van der Waals surface area contributed by atoms with E-state index in [0.29, 0.717) is 0 Å². The Hall–Kier alpha value is -4.42. The van der Waals surface area contributed by atoms with Crippen LogP contribution in [0.5, 0.6) is 0 Å². The number of benzene rings is 2. The number of aliphatic hydroxyl groups excluding tert-OH is 1. The standard InChI is InChI=1S/C30H32O12/c1-18(31)13-15-23(33)40-25-22(17-38-28(35)20-9-5-3-6-10-20)39-30(37)27(41-24(34)16-14-19(2)32)26(25)42-29(36)21-11-7-4-8-12-21/h3-12,22,25-27,30,37H,13-17H2,1-2H3/t22-,25-,26+,27-,30-/m1/s1. The third kappa shape index (κ3) is 9.60. The number of hydrogen-bond donors (Lipinski definition) is 1. The molecule has 12 nitrogen and oxygen atoms in total. The summed E-state index contributed by atoms with van der Waals surface area (Å²) in [5.74, 6) is -3.99. The molecule has 1 N–H and O–H groups in total. The maximum Gasteiger partial charge on any atom is 0.338 e. The molecule has 2 aromatic carbocycles. The molecule has 0 bridgehead atoms. The number of hydrogen-bond acceptors (Lipinski definition) is 12. The first-order valence-corrected chi connectivity index (χ1v) is 13.2. The summed E-state index contributed by atoms with van der Waals surface area (Å²) in [5, 5.41) is 10.8. The Kier molecular flexibility index (Phi) is 11.9. The summed E-state index contributed by atoms with van der Waals surface area (Å²) in [4.78, 5) is 73.7. The number of aliphatic hydroxyl groups is 1. The molecular formula is C30H32O12. The van der Waals surface area contributed by atoms with E-state index in [1.165, 1.54) is 38.1 Å². The van der Waals surface area contributed by atoms with Crippen molar-refractivity contribution in [3.05, 3.63) is 71.8 Å². The van der Waals surface area contributed by atoms with Gasteiger partial charge >= 0.3 is 23.9 Å². The summed E-state index contributed by atoms with van der Waals surface area (Å²) in [6, 6.07) is 15.7. The highest BCUT2D eigenvalue weighted by Gasteiger charge is 2.52. The molecule has 5 atom stereocenters. The van der Waals surface area contributed by atoms with Gasteiger partial charge in [0, 0.05) is 12.8 Å². The molecule has 2 aromatic rings. The molecule has 0 radical (unpaired) electrons. The van der Waals surface area contributed by atoms with Crippen molar-refractivity contribution in [3.63, 3.8) is 0 Å². The van der Waals surface area contributed by atoms with Gasteiger partial charge in [-0.15, -0.1) is 0 Å². The van der Waals surface area contributed by atoms with E-state index < -0.39 is 61.2 Å². The Morgan fingerprint density at radius 2 is 1.12 bits per heavy atom. The van der Waals surface area contributed by atoms with Crippen molar-refractivity contribution in [3.8, 4) is 0 Å². The Bertz CT molecular complexity index is 1260. The minimum Gasteiger partial charge on any atom is -0.459 e. The lowest BCUT2D eigenvalue weighted by Gasteiger charge is -2.42. The lowest BCUT2D eigenvalue weighted by molar-refractivity contribution is -0.292. The Morgan fingerprint density at radius 3 is 1.62 bits per heavy atom. The van der Waals surface area contributed by atoms with Gasteiger partial charge in [-0.25, -0.2) is 9.59 Å². The average molecular weight is 585 g/mol. The zero-order valence-electron chi connectivity index (χ0n) is 23.1. The van der Waals surface area contributed by atoms with Gasteiger partial charge in [-0.3, -0.25) is 9.59 Å². The maximum absolute atomic E-state index is 13.1. The summed E-state index contributed by atoms with van der Waals surface area (Å²) in [7, 11) is 0. The van der Waals surface area contributed by atoms with Crippen LogP contribution in [-0.2, 0) is 42.9 Å². The van der Waals surface area contributed by atoms with Crippen LogP contribution in [0.25, 0.3) is 0 Å². The number of carbonyl (C=O) groups is 6. The maximum atomic E-state index is 13.1. The normalized spacial score (nSPS) is 21.5. The molecular weight excluding hydrogens is 552 g/mol. The van der Waals surface area contributed by atoms with Gasteiger partial charge in [-0.1, -0.05) is 36.4 Å². The SMILES string of the molecule is CC(=O)CCC(=O)O[C@@H]1[C@@H](OC(=O)c2ccccc2)[C@H](OC(=O)CCC(C)=O)[C@@H](COC(=O)c2ccccc2)O[C@H]1O. The lowest BCUT2D eigenvalue weighted by atomic mass is 9.98. The van der Waals surface area contributed by atoms with E-state index in [1.54, 1.807) is 36.4 Å². The zero-order valence-corrected chi connectivity index (χ0v) is 23.1. The van der Waals surface area contributed by atoms with Crippen LogP contribution in [0.3, 0.4) is 0 Å². The van der Waals surface area contributed by atoms with Crippen molar-refractivity contribution in [2.45, 2.75) is 70.2 Å². The van der Waals surface area contributed by atoms with Crippen LogP contribution in [0, 0.1) is 0 Å². The average Bonchev–Trinajstić information content (AvgIpc) is 2.97. The third-order valence-corrected chi connectivity index (χ3v) is 6.15. The summed E-state index contributed by atoms with van der Waals surface area (Å²) >= 11 is 0. The first-order chi connectivity index (χ1) is 20.0. The summed E-state index contributed by atoms with van der Waals surface area (Å²) in [6.07, 6.45) is -9.10. The summed E-state index contributed by atoms with van der Waals surface area (Å²) in [5.41, 5.74) is 0.321. The molecule has 0 aromatic heterocycles. The summed E-state index contributed by atoms with van der Waals surface area (Å²) < 4.78 is 27.5. The predicted molar refractivity (Wildman–Crippen MR) is 143 cm³/mol. The van der Waals surface area contributed by atoms with Crippen molar-refractivity contribution in [1.29, 1.82) is 0 Å². The minimum absolute atomic E-state index is 0.105. The Morgan fingerprint density at radius 1 is 0.643 bits per heavy atom. The molecule has 0 saturated carbocycles. The number of ketones is 2. The molecule has 0 spiro atoms. The van der Waals surface area contributed by atoms with Gasteiger partial charge in [0.15, 0.2) is 24.6 Å². The zero-order chi connectivity index (χ0) is 30.6. The van der Waals surface area contributed by atoms with E-state index in [4.69, 9.17) is 23.7 Å². The molecule has 0 unspecified atom stereocenters. The molecule has 1 aliphatic rings. The molecule has 42 heavy (non-hydrogen) atoms. The second-order valence-electron chi connectivity index (χ2n) is 9.58. The van der Waals surface area contributed by atoms with Gasteiger partial charge in [-0.05, 0) is 38.1 Å². The Labute approximate surface area is 241 Å². The number of rotatable bonds is 13. The molecule has 1 heterocycles. The number of ether oxygens (including phenoxy) is 5. The van der Waals surface area contributed by atoms with Gasteiger partial charge in [0.25, 0.3) is 0 Å². The van der Waals surface area contributed by atoms with Crippen molar-refractivity contribution in [2.75, 3.05) is 6.61 Å². The van der Waals surface area contributed by atoms with Crippen LogP contribution in [0.2, 0.25) is 0 Å². The fourth-order valence-corrected chi connectivity index (χ4v) is 3.99. The second kappa shape index (κ2) is 15.5. The molecule has 0 aliphatic carbocycles. The molecule has 0 amide bonds. The smallest absolute Gasteiger partial charge is 0.338 e. The molecule has 1 saturated heterocycles. The fourth-order valence-electron chi connectivity index (χ4n) is 3.99. The predicted octanol–water partition coefficient (Wildman–Crippen LogP) is 2.35. The monoisotopic (exact) mass is 584 g/mol. The topological polar surface area (TPSA) is 169 Å². The van der Waals surface area contributed by atoms with Gasteiger partial charge < -0.3 is 38.4 Å². The van der Waals surface area contributed by atoms with Gasteiger partial charge in [0.1, 0.15) is 24.3 Å². The van der Waals surface area contributed by atoms with Crippen molar-refractivity contribution in [2.24, 2.45) is 0 Å². The molecule has 1 aliphatic heterocycles. The van der Waals surface area contributed by atoms with Crippen molar-refractivity contribution in [1.82, 2.24) is 0 Å². The van der Waals surface area contributed by atoms with Gasteiger partial charge in [-0.2, -0.15) is 0 Å². The minimum atomic E-state index is -1.91. The highest BCUT2D eigenvalue weighted by atomic mass is 16.7. The van der Waals surface area contributed by atoms with Crippen LogP contribution in [-0.4, -0.2) is 77.9 Å². The molecule has 224 valence electrons. The van der Waals surface area contributed by atoms with E-state index in [2.05, 4.69) is 0 Å². The summed E-state index contributed by atoms with van der Waals surface area (Å²) in [6.45, 7) is 2.02. The fraction of sp³-hybridized carbons (Fsp3) is 0.400. The second-order valence-corrected chi connectivity index (χ2v) is 9.58. The van der Waals surface area contributed by atoms with E-state index in [1.807, 2.05) is 0 Å². The van der Waals surface area contributed by atoms with E-state index in [0.717, 1.165) is 0 Å². The van der Waals surface area contributed by atoms with Gasteiger partial charge in [0.2, 0.25) is 0 Å². The van der Waals surface area contributed by atoms with Crippen LogP contribution in [0.1, 0.15) is 60.2 Å². The molecule has 12 heteroatoms. The van der Waals surface area contributed by atoms with E-state index in [9.17, 15) is 33.9 Å². The molecule has 1 fully saturated rings. The van der Waals surface area contributed by atoms with Crippen molar-refractivity contribution >= 4 is 35.4 Å². The highest BCUT2D eigenvalue weighted by Crippen LogP contribution is 2.29. The molecule has 3 rings (SSSR count). The quantitative estimate of drug-likeness (QED) is 0.270. The van der Waals surface area contributed by atoms with Gasteiger partial charge in [0.05, 0.1) is 24.0 Å². The van der Waals surface area contributed by atoms with Crippen LogP contribution in [0.15, 0.2) is 60.7 Å². The largest absolute Gasteiger partial charge is 0.459 e. The third-order valence-electron chi connectivity index (χ3n) is 6.15. The highest BCUT2D eigenvalue weighted by molar-refractivity contribution is 5.90. The lowest BCUT2D eigenvalue weighted by Crippen LogP contribution is -2.62. The van der Waals surface area contributed by atoms with E-state index in [-0.39, 0.29) is 48.4 Å². The number of carbonyl (C=O) groups excluding carboxylic acids is 6. The first kappa shape index (κ1) is 32.1. The first-order valence-electron chi connectivity index (χ1n) is 13.2. The Balaban J connectivity index is 1.92. The number of Topliss-reactive ketones (excluding diaryl/α,β-unsaturated/α-hetero) is 2. The van der Waals surface area contributed by atoms with Crippen LogP contribution in [0.4, 0.5) is 0 Å². The van der Waals surface area contributed by atoms with Crippen LogP contribution >= 0.6 is 0 Å². The van der Waals surface area contributed by atoms with Crippen molar-refractivity contribution < 1.29 is 57.6 Å². The number of esters is 4. The van der Waals surface area contributed by atoms with Crippen LogP contribution < -0.4 is 0 Å². The van der Waals surface area contributed by atoms with E-state index >= 15 is 0 Å².